The van der Waals surface area contributed by atoms with Crippen LogP contribution in [0.2, 0.25) is 5.02 Å². The smallest absolute Gasteiger partial charge is 0.224 e. The minimum absolute atomic E-state index is 0.0401. The third-order valence-corrected chi connectivity index (χ3v) is 2.43. The third kappa shape index (κ3) is 6.51. The molecule has 0 fully saturated rings. The lowest BCUT2D eigenvalue weighted by atomic mass is 10.1. The number of carbonyl (C=O) groups is 1. The van der Waals surface area contributed by atoms with Crippen LogP contribution in [0.25, 0.3) is 0 Å². The maximum Gasteiger partial charge on any atom is 0.224 e. The van der Waals surface area contributed by atoms with E-state index in [1.165, 1.54) is 0 Å². The fourth-order valence-electron chi connectivity index (χ4n) is 1.31. The topological polar surface area (TPSA) is 38.3 Å². The van der Waals surface area contributed by atoms with Gasteiger partial charge in [0, 0.05) is 17.4 Å². The summed E-state index contributed by atoms with van der Waals surface area (Å²) in [6.07, 6.45) is 0.329. The van der Waals surface area contributed by atoms with Gasteiger partial charge in [-0.05, 0) is 17.7 Å². The summed E-state index contributed by atoms with van der Waals surface area (Å²) < 4.78 is 5.13. The number of hydrogen-bond acceptors (Lipinski definition) is 2. The maximum absolute atomic E-state index is 11.5. The summed E-state index contributed by atoms with van der Waals surface area (Å²) in [7, 11) is 0. The molecular weight excluding hydrogens is 261 g/mol. The highest BCUT2D eigenvalue weighted by molar-refractivity contribution is 6.30. The molecule has 1 rings (SSSR count). The highest BCUT2D eigenvalue weighted by Crippen LogP contribution is 2.10. The molecule has 0 heterocycles. The van der Waals surface area contributed by atoms with Crippen molar-refractivity contribution in [2.45, 2.75) is 6.42 Å². The van der Waals surface area contributed by atoms with Crippen molar-refractivity contribution in [3.63, 3.8) is 0 Å². The van der Waals surface area contributed by atoms with Crippen LogP contribution in [0.4, 0.5) is 0 Å². The van der Waals surface area contributed by atoms with Crippen LogP contribution in [0, 0.1) is 0 Å². The summed E-state index contributed by atoms with van der Waals surface area (Å²) >= 11 is 11.3. The molecule has 17 heavy (non-hydrogen) atoms. The van der Waals surface area contributed by atoms with Gasteiger partial charge in [-0.25, -0.2) is 0 Å². The highest BCUT2D eigenvalue weighted by Gasteiger charge is 2.02. The van der Waals surface area contributed by atoms with E-state index in [9.17, 15) is 4.79 Å². The number of benzene rings is 1. The van der Waals surface area contributed by atoms with E-state index in [1.54, 1.807) is 12.1 Å². The molecule has 5 heteroatoms. The Labute approximate surface area is 111 Å². The lowest BCUT2D eigenvalue weighted by Crippen LogP contribution is -2.28. The summed E-state index contributed by atoms with van der Waals surface area (Å²) in [5.41, 5.74) is 0.900. The van der Waals surface area contributed by atoms with E-state index in [4.69, 9.17) is 27.9 Å². The van der Waals surface area contributed by atoms with Crippen LogP contribution in [0.15, 0.2) is 24.3 Å². The number of halogens is 2. The Hall–Kier alpha value is -0.770. The molecule has 0 aliphatic rings. The Morgan fingerprint density at radius 1 is 1.35 bits per heavy atom. The summed E-state index contributed by atoms with van der Waals surface area (Å²) in [5, 5.41) is 3.40. The van der Waals surface area contributed by atoms with Gasteiger partial charge in [-0.2, -0.15) is 0 Å². The third-order valence-electron chi connectivity index (χ3n) is 2.04. The van der Waals surface area contributed by atoms with E-state index in [1.807, 2.05) is 12.1 Å². The Kier molecular flexibility index (Phi) is 7.01. The van der Waals surface area contributed by atoms with Crippen molar-refractivity contribution in [3.8, 4) is 0 Å². The number of hydrogen-bond donors (Lipinski definition) is 1. The van der Waals surface area contributed by atoms with Crippen molar-refractivity contribution in [3.05, 3.63) is 34.9 Å². The maximum atomic E-state index is 11.5. The summed E-state index contributed by atoms with van der Waals surface area (Å²) in [4.78, 5) is 11.5. The van der Waals surface area contributed by atoms with Gasteiger partial charge in [0.05, 0.1) is 19.6 Å². The molecule has 3 nitrogen and oxygen atoms in total. The zero-order chi connectivity index (χ0) is 12.5. The molecule has 0 aromatic heterocycles. The average Bonchev–Trinajstić information content (AvgIpc) is 2.29. The van der Waals surface area contributed by atoms with Crippen LogP contribution in [0.5, 0.6) is 0 Å². The first kappa shape index (κ1) is 14.3. The minimum atomic E-state index is -0.0401. The van der Waals surface area contributed by atoms with Crippen molar-refractivity contribution in [2.24, 2.45) is 0 Å². The Morgan fingerprint density at radius 2 is 2.18 bits per heavy atom. The molecule has 1 N–H and O–H groups in total. The van der Waals surface area contributed by atoms with E-state index >= 15 is 0 Å². The van der Waals surface area contributed by atoms with Crippen molar-refractivity contribution in [1.29, 1.82) is 0 Å². The predicted octanol–water partition coefficient (Wildman–Crippen LogP) is 2.25. The van der Waals surface area contributed by atoms with Crippen molar-refractivity contribution >= 4 is 29.1 Å². The first-order valence-electron chi connectivity index (χ1n) is 5.37. The van der Waals surface area contributed by atoms with Crippen LogP contribution in [-0.2, 0) is 16.0 Å². The van der Waals surface area contributed by atoms with Gasteiger partial charge in [-0.15, -0.1) is 11.6 Å². The standard InChI is InChI=1S/C12H15Cl2NO2/c13-4-6-17-7-5-15-12(16)9-10-2-1-3-11(14)8-10/h1-3,8H,4-7,9H2,(H,15,16). The van der Waals surface area contributed by atoms with Gasteiger partial charge in [0.1, 0.15) is 0 Å². The van der Waals surface area contributed by atoms with Gasteiger partial charge < -0.3 is 10.1 Å². The molecule has 94 valence electrons. The second kappa shape index (κ2) is 8.34. The van der Waals surface area contributed by atoms with Crippen molar-refractivity contribution in [1.82, 2.24) is 5.32 Å². The SMILES string of the molecule is O=C(Cc1cccc(Cl)c1)NCCOCCCl. The second-order valence-corrected chi connectivity index (χ2v) is 4.27. The number of carbonyl (C=O) groups excluding carboxylic acids is 1. The molecule has 1 aromatic carbocycles. The van der Waals surface area contributed by atoms with E-state index in [0.717, 1.165) is 5.56 Å². The van der Waals surface area contributed by atoms with E-state index < -0.39 is 0 Å². The zero-order valence-electron chi connectivity index (χ0n) is 9.42. The van der Waals surface area contributed by atoms with E-state index in [-0.39, 0.29) is 5.91 Å². The van der Waals surface area contributed by atoms with Crippen LogP contribution in [0.3, 0.4) is 0 Å². The monoisotopic (exact) mass is 275 g/mol. The fourth-order valence-corrected chi connectivity index (χ4v) is 1.64. The molecule has 0 bridgehead atoms. The Morgan fingerprint density at radius 3 is 2.88 bits per heavy atom. The Bertz CT molecular complexity index is 358. The number of alkyl halides is 1. The number of amides is 1. The lowest BCUT2D eigenvalue weighted by molar-refractivity contribution is -0.120. The zero-order valence-corrected chi connectivity index (χ0v) is 10.9. The van der Waals surface area contributed by atoms with Gasteiger partial charge in [0.15, 0.2) is 0 Å². The molecular formula is C12H15Cl2NO2. The van der Waals surface area contributed by atoms with E-state index in [0.29, 0.717) is 37.1 Å². The normalized spacial score (nSPS) is 10.2. The second-order valence-electron chi connectivity index (χ2n) is 3.46. The quantitative estimate of drug-likeness (QED) is 0.612. The molecule has 1 aromatic rings. The van der Waals surface area contributed by atoms with Gasteiger partial charge in [0.25, 0.3) is 0 Å². The molecule has 0 saturated heterocycles. The first-order valence-corrected chi connectivity index (χ1v) is 6.28. The summed E-state index contributed by atoms with van der Waals surface area (Å²) in [5.74, 6) is 0.429. The molecule has 1 amide bonds. The molecule has 0 saturated carbocycles. The molecule has 0 atom stereocenters. The number of rotatable bonds is 7. The largest absolute Gasteiger partial charge is 0.378 e. The predicted molar refractivity (Wildman–Crippen MR) is 69.7 cm³/mol. The number of nitrogens with one attached hydrogen (secondary N) is 1. The van der Waals surface area contributed by atoms with Crippen molar-refractivity contribution < 1.29 is 9.53 Å². The van der Waals surface area contributed by atoms with Gasteiger partial charge in [0.2, 0.25) is 5.91 Å². The highest BCUT2D eigenvalue weighted by atomic mass is 35.5. The van der Waals surface area contributed by atoms with Crippen LogP contribution in [-0.4, -0.2) is 31.5 Å². The van der Waals surface area contributed by atoms with Crippen LogP contribution in [0.1, 0.15) is 5.56 Å². The van der Waals surface area contributed by atoms with Gasteiger partial charge in [-0.1, -0.05) is 23.7 Å². The van der Waals surface area contributed by atoms with Crippen LogP contribution >= 0.6 is 23.2 Å². The molecule has 0 unspecified atom stereocenters. The van der Waals surface area contributed by atoms with Gasteiger partial charge >= 0.3 is 0 Å². The summed E-state index contributed by atoms with van der Waals surface area (Å²) in [6, 6.07) is 7.26. The molecule has 0 aliphatic heterocycles. The van der Waals surface area contributed by atoms with Crippen molar-refractivity contribution in [2.75, 3.05) is 25.6 Å². The van der Waals surface area contributed by atoms with E-state index in [2.05, 4.69) is 5.32 Å². The van der Waals surface area contributed by atoms with Gasteiger partial charge in [-0.3, -0.25) is 4.79 Å². The molecule has 0 aliphatic carbocycles. The molecule has 0 spiro atoms. The molecule has 0 radical (unpaired) electrons. The first-order chi connectivity index (χ1) is 8.22. The fraction of sp³-hybridized carbons (Fsp3) is 0.417. The Balaban J connectivity index is 2.21. The average molecular weight is 276 g/mol. The number of ether oxygens (including phenoxy) is 1. The van der Waals surface area contributed by atoms with Crippen LogP contribution < -0.4 is 5.32 Å². The lowest BCUT2D eigenvalue weighted by Gasteiger charge is -2.05. The summed E-state index contributed by atoms with van der Waals surface area (Å²) in [6.45, 7) is 1.48. The minimum Gasteiger partial charge on any atom is -0.378 e.